The van der Waals surface area contributed by atoms with E-state index in [-0.39, 0.29) is 11.5 Å². The molecule has 136 valence electrons. The molecular formula is C22H37NO. The van der Waals surface area contributed by atoms with Crippen LogP contribution in [-0.4, -0.2) is 24.3 Å². The van der Waals surface area contributed by atoms with Crippen LogP contribution in [0, 0.1) is 34.5 Å². The van der Waals surface area contributed by atoms with Gasteiger partial charge in [-0.15, -0.1) is 0 Å². The maximum absolute atomic E-state index is 10.7. The van der Waals surface area contributed by atoms with Crippen LogP contribution in [-0.2, 0) is 0 Å². The first-order chi connectivity index (χ1) is 11.4. The third-order valence-electron chi connectivity index (χ3n) is 9.27. The van der Waals surface area contributed by atoms with Crippen LogP contribution in [0.15, 0.2) is 11.6 Å². The van der Waals surface area contributed by atoms with Crippen molar-refractivity contribution in [2.45, 2.75) is 84.3 Å². The summed E-state index contributed by atoms with van der Waals surface area (Å²) in [7, 11) is 2.14. The van der Waals surface area contributed by atoms with Gasteiger partial charge in [0.1, 0.15) is 0 Å². The average Bonchev–Trinajstić information content (AvgIpc) is 2.83. The van der Waals surface area contributed by atoms with Crippen LogP contribution in [0.1, 0.15) is 72.1 Å². The third-order valence-corrected chi connectivity index (χ3v) is 9.27. The molecule has 4 rings (SSSR count). The lowest BCUT2D eigenvalue weighted by Crippen LogP contribution is -2.54. The molecule has 2 nitrogen and oxygen atoms in total. The Labute approximate surface area is 148 Å². The molecule has 0 bridgehead atoms. The van der Waals surface area contributed by atoms with E-state index in [2.05, 4.69) is 39.2 Å². The van der Waals surface area contributed by atoms with Gasteiger partial charge in [-0.1, -0.05) is 19.9 Å². The largest absolute Gasteiger partial charge is 0.389 e. The summed E-state index contributed by atoms with van der Waals surface area (Å²) in [5.74, 6) is 3.39. The van der Waals surface area contributed by atoms with E-state index in [4.69, 9.17) is 0 Å². The van der Waals surface area contributed by atoms with Gasteiger partial charge in [0.15, 0.2) is 0 Å². The molecule has 24 heavy (non-hydrogen) atoms. The molecule has 0 spiro atoms. The van der Waals surface area contributed by atoms with Gasteiger partial charge < -0.3 is 10.4 Å². The van der Waals surface area contributed by atoms with Crippen molar-refractivity contribution in [3.05, 3.63) is 11.6 Å². The molecule has 2 N–H and O–H groups in total. The topological polar surface area (TPSA) is 32.3 Å². The molecular weight excluding hydrogens is 294 g/mol. The molecule has 4 fully saturated rings. The molecule has 4 aliphatic carbocycles. The first-order valence-electron chi connectivity index (χ1n) is 10.5. The Morgan fingerprint density at radius 1 is 1.04 bits per heavy atom. The van der Waals surface area contributed by atoms with E-state index in [1.54, 1.807) is 0 Å². The Kier molecular flexibility index (Phi) is 4.16. The highest BCUT2D eigenvalue weighted by molar-refractivity contribution is 5.27. The molecule has 8 atom stereocenters. The molecule has 0 aliphatic heterocycles. The van der Waals surface area contributed by atoms with Gasteiger partial charge in [0.2, 0.25) is 0 Å². The highest BCUT2D eigenvalue weighted by Gasteiger charge is 2.60. The Morgan fingerprint density at radius 2 is 1.83 bits per heavy atom. The SMILES string of the molecule is C/C=C1/[C@H](O)C[C@H]2[C@@H]3CCC4C[C@H](NC)CC[C@]4(C)[C@H]3CC[C@]12C. The minimum Gasteiger partial charge on any atom is -0.389 e. The van der Waals surface area contributed by atoms with E-state index in [1.165, 1.54) is 50.5 Å². The third kappa shape index (κ3) is 2.21. The van der Waals surface area contributed by atoms with Gasteiger partial charge in [0.25, 0.3) is 0 Å². The van der Waals surface area contributed by atoms with E-state index in [0.29, 0.717) is 5.41 Å². The number of aliphatic hydroxyl groups excluding tert-OH is 1. The second-order valence-electron chi connectivity index (χ2n) is 9.87. The van der Waals surface area contributed by atoms with Crippen LogP contribution in [0.5, 0.6) is 0 Å². The zero-order valence-corrected chi connectivity index (χ0v) is 16.1. The van der Waals surface area contributed by atoms with Crippen LogP contribution in [0.4, 0.5) is 0 Å². The van der Waals surface area contributed by atoms with E-state index in [0.717, 1.165) is 36.1 Å². The van der Waals surface area contributed by atoms with Crippen molar-refractivity contribution in [1.29, 1.82) is 0 Å². The van der Waals surface area contributed by atoms with E-state index >= 15 is 0 Å². The van der Waals surface area contributed by atoms with E-state index in [9.17, 15) is 5.11 Å². The van der Waals surface area contributed by atoms with Gasteiger partial charge in [-0.2, -0.15) is 0 Å². The Bertz CT molecular complexity index is 528. The molecule has 0 radical (unpaired) electrons. The lowest BCUT2D eigenvalue weighted by Gasteiger charge is -2.60. The zero-order chi connectivity index (χ0) is 17.1. The van der Waals surface area contributed by atoms with E-state index in [1.807, 2.05) is 0 Å². The van der Waals surface area contributed by atoms with Crippen molar-refractivity contribution in [3.63, 3.8) is 0 Å². The van der Waals surface area contributed by atoms with Gasteiger partial charge >= 0.3 is 0 Å². The van der Waals surface area contributed by atoms with Gasteiger partial charge in [0, 0.05) is 6.04 Å². The lowest BCUT2D eigenvalue weighted by molar-refractivity contribution is -0.102. The fourth-order valence-corrected chi connectivity index (χ4v) is 7.90. The molecule has 0 heterocycles. The maximum Gasteiger partial charge on any atom is 0.0758 e. The van der Waals surface area contributed by atoms with Gasteiger partial charge in [-0.25, -0.2) is 0 Å². The number of rotatable bonds is 1. The van der Waals surface area contributed by atoms with Crippen LogP contribution in [0.2, 0.25) is 0 Å². The first kappa shape index (κ1) is 17.1. The van der Waals surface area contributed by atoms with Crippen molar-refractivity contribution in [3.8, 4) is 0 Å². The normalized spacial score (nSPS) is 55.8. The van der Waals surface area contributed by atoms with Crippen molar-refractivity contribution in [2.75, 3.05) is 7.05 Å². The number of hydrogen-bond acceptors (Lipinski definition) is 2. The number of aliphatic hydroxyl groups is 1. The summed E-state index contributed by atoms with van der Waals surface area (Å²) in [6.07, 6.45) is 12.8. The summed E-state index contributed by atoms with van der Waals surface area (Å²) in [5.41, 5.74) is 2.19. The summed E-state index contributed by atoms with van der Waals surface area (Å²) in [4.78, 5) is 0. The Morgan fingerprint density at radius 3 is 2.54 bits per heavy atom. The fourth-order valence-electron chi connectivity index (χ4n) is 7.90. The summed E-state index contributed by atoms with van der Waals surface area (Å²) >= 11 is 0. The molecule has 0 amide bonds. The Hall–Kier alpha value is -0.340. The summed E-state index contributed by atoms with van der Waals surface area (Å²) in [6.45, 7) is 7.23. The molecule has 0 aromatic heterocycles. The van der Waals surface area contributed by atoms with Crippen molar-refractivity contribution < 1.29 is 5.11 Å². The number of hydrogen-bond donors (Lipinski definition) is 2. The predicted octanol–water partition coefficient (Wildman–Crippen LogP) is 4.53. The average molecular weight is 332 g/mol. The van der Waals surface area contributed by atoms with Crippen LogP contribution in [0.25, 0.3) is 0 Å². The lowest BCUT2D eigenvalue weighted by atomic mass is 9.45. The minimum absolute atomic E-state index is 0.172. The van der Waals surface area contributed by atoms with Gasteiger partial charge in [-0.05, 0) is 105 Å². The number of nitrogens with one attached hydrogen (secondary N) is 1. The van der Waals surface area contributed by atoms with Gasteiger partial charge in [0.05, 0.1) is 6.10 Å². The molecule has 2 heteroatoms. The molecule has 4 aliphatic rings. The minimum atomic E-state index is -0.172. The van der Waals surface area contributed by atoms with Crippen molar-refractivity contribution >= 4 is 0 Å². The van der Waals surface area contributed by atoms with Crippen molar-refractivity contribution in [1.82, 2.24) is 5.32 Å². The summed E-state index contributed by atoms with van der Waals surface area (Å²) in [5, 5.41) is 14.2. The molecule has 1 unspecified atom stereocenters. The zero-order valence-electron chi connectivity index (χ0n) is 16.1. The van der Waals surface area contributed by atoms with Crippen molar-refractivity contribution in [2.24, 2.45) is 34.5 Å². The summed E-state index contributed by atoms with van der Waals surface area (Å²) in [6, 6.07) is 0.747. The molecule has 0 aromatic carbocycles. The first-order valence-corrected chi connectivity index (χ1v) is 10.5. The molecule has 0 saturated heterocycles. The van der Waals surface area contributed by atoms with Gasteiger partial charge in [-0.3, -0.25) is 0 Å². The van der Waals surface area contributed by atoms with E-state index < -0.39 is 0 Å². The second kappa shape index (κ2) is 5.84. The standard InChI is InChI=1S/C22H37NO/c1-5-17-20(24)13-19-16-7-6-14-12-15(23-4)8-10-21(14,2)18(16)9-11-22(17,19)3/h5,14-16,18-20,23-24H,6-13H2,1-4H3/b17-5-/t14?,15-,16-,18+,19+,20-,21+,22-/m1/s1. The monoisotopic (exact) mass is 331 g/mol. The van der Waals surface area contributed by atoms with Crippen LogP contribution in [0.3, 0.4) is 0 Å². The highest BCUT2D eigenvalue weighted by Crippen LogP contribution is 2.67. The smallest absolute Gasteiger partial charge is 0.0758 e. The maximum atomic E-state index is 10.7. The number of fused-ring (bicyclic) bond motifs is 5. The van der Waals surface area contributed by atoms with Crippen LogP contribution >= 0.6 is 0 Å². The molecule has 4 saturated carbocycles. The quantitative estimate of drug-likeness (QED) is 0.692. The predicted molar refractivity (Wildman–Crippen MR) is 99.7 cm³/mol. The highest BCUT2D eigenvalue weighted by atomic mass is 16.3. The summed E-state index contributed by atoms with van der Waals surface area (Å²) < 4.78 is 0. The molecule has 0 aromatic rings. The second-order valence-corrected chi connectivity index (χ2v) is 9.87. The Balaban J connectivity index is 1.62. The number of allylic oxidation sites excluding steroid dienone is 1. The fraction of sp³-hybridized carbons (Fsp3) is 0.909. The van der Waals surface area contributed by atoms with Crippen LogP contribution < -0.4 is 5.32 Å².